The maximum atomic E-state index is 6.23. The number of likely N-dealkylation sites (tertiary alicyclic amines) is 2. The van der Waals surface area contributed by atoms with Gasteiger partial charge in [0.25, 0.3) is 0 Å². The second kappa shape index (κ2) is 7.61. The molecule has 19 heavy (non-hydrogen) atoms. The van der Waals surface area contributed by atoms with Crippen molar-refractivity contribution in [2.45, 2.75) is 76.9 Å². The van der Waals surface area contributed by atoms with Gasteiger partial charge in [0.1, 0.15) is 0 Å². The Morgan fingerprint density at radius 1 is 1.05 bits per heavy atom. The second-order valence-corrected chi connectivity index (χ2v) is 6.59. The van der Waals surface area contributed by atoms with Gasteiger partial charge < -0.3 is 10.6 Å². The summed E-state index contributed by atoms with van der Waals surface area (Å²) in [6.07, 6.45) is 9.44. The third-order valence-corrected chi connectivity index (χ3v) is 5.00. The fourth-order valence-electron chi connectivity index (χ4n) is 4.01. The first-order valence-corrected chi connectivity index (χ1v) is 8.46. The van der Waals surface area contributed by atoms with E-state index in [0.29, 0.717) is 12.1 Å². The van der Waals surface area contributed by atoms with Gasteiger partial charge in [-0.1, -0.05) is 13.3 Å². The SMILES string of the molecule is CCCN1CCCC(N2CCCCC2C(C)N)CC1. The maximum Gasteiger partial charge on any atom is 0.0247 e. The van der Waals surface area contributed by atoms with E-state index in [0.717, 1.165) is 6.04 Å². The molecular formula is C16H33N3. The topological polar surface area (TPSA) is 32.5 Å². The van der Waals surface area contributed by atoms with Crippen molar-refractivity contribution in [3.63, 3.8) is 0 Å². The van der Waals surface area contributed by atoms with E-state index in [1.807, 2.05) is 0 Å². The molecule has 3 heteroatoms. The number of nitrogens with two attached hydrogens (primary N) is 1. The molecule has 2 aliphatic rings. The van der Waals surface area contributed by atoms with E-state index in [1.165, 1.54) is 71.1 Å². The fraction of sp³-hybridized carbons (Fsp3) is 1.00. The van der Waals surface area contributed by atoms with Crippen LogP contribution in [0, 0.1) is 0 Å². The standard InChI is InChI=1S/C16H33N3/c1-3-10-18-11-6-7-15(9-13-18)19-12-5-4-8-16(19)14(2)17/h14-16H,3-13,17H2,1-2H3. The highest BCUT2D eigenvalue weighted by Gasteiger charge is 2.31. The zero-order valence-corrected chi connectivity index (χ0v) is 13.0. The summed E-state index contributed by atoms with van der Waals surface area (Å²) in [4.78, 5) is 5.43. The molecule has 2 fully saturated rings. The van der Waals surface area contributed by atoms with Gasteiger partial charge in [0.2, 0.25) is 0 Å². The largest absolute Gasteiger partial charge is 0.327 e. The lowest BCUT2D eigenvalue weighted by Gasteiger charge is -2.43. The van der Waals surface area contributed by atoms with E-state index in [-0.39, 0.29) is 0 Å². The van der Waals surface area contributed by atoms with Crippen molar-refractivity contribution in [2.24, 2.45) is 5.73 Å². The van der Waals surface area contributed by atoms with Gasteiger partial charge in [-0.3, -0.25) is 4.90 Å². The minimum absolute atomic E-state index is 0.329. The van der Waals surface area contributed by atoms with Crippen molar-refractivity contribution in [1.82, 2.24) is 9.80 Å². The zero-order valence-electron chi connectivity index (χ0n) is 13.0. The minimum atomic E-state index is 0.329. The van der Waals surface area contributed by atoms with Crippen LogP contribution >= 0.6 is 0 Å². The van der Waals surface area contributed by atoms with Crippen molar-refractivity contribution in [1.29, 1.82) is 0 Å². The number of hydrogen-bond acceptors (Lipinski definition) is 3. The van der Waals surface area contributed by atoms with Crippen molar-refractivity contribution in [3.05, 3.63) is 0 Å². The van der Waals surface area contributed by atoms with Crippen LogP contribution in [0.25, 0.3) is 0 Å². The average molecular weight is 267 g/mol. The lowest BCUT2D eigenvalue weighted by molar-refractivity contribution is 0.0729. The van der Waals surface area contributed by atoms with E-state index in [1.54, 1.807) is 0 Å². The Labute approximate surface area is 119 Å². The summed E-state index contributed by atoms with van der Waals surface area (Å²) in [5.41, 5.74) is 6.23. The van der Waals surface area contributed by atoms with Gasteiger partial charge in [0.15, 0.2) is 0 Å². The van der Waals surface area contributed by atoms with Gasteiger partial charge in [-0.05, 0) is 71.6 Å². The minimum Gasteiger partial charge on any atom is -0.327 e. The van der Waals surface area contributed by atoms with Crippen LogP contribution in [0.4, 0.5) is 0 Å². The van der Waals surface area contributed by atoms with Gasteiger partial charge >= 0.3 is 0 Å². The molecule has 3 nitrogen and oxygen atoms in total. The molecule has 2 aliphatic heterocycles. The summed E-state index contributed by atoms with van der Waals surface area (Å²) in [6.45, 7) is 9.65. The van der Waals surface area contributed by atoms with Crippen LogP contribution in [0.1, 0.15) is 58.8 Å². The number of nitrogens with zero attached hydrogens (tertiary/aromatic N) is 2. The predicted molar refractivity (Wildman–Crippen MR) is 82.4 cm³/mol. The zero-order chi connectivity index (χ0) is 13.7. The lowest BCUT2D eigenvalue weighted by Crippen LogP contribution is -2.53. The van der Waals surface area contributed by atoms with Gasteiger partial charge in [-0.15, -0.1) is 0 Å². The molecule has 2 N–H and O–H groups in total. The first kappa shape index (κ1) is 15.3. The molecule has 0 radical (unpaired) electrons. The summed E-state index contributed by atoms with van der Waals surface area (Å²) >= 11 is 0. The van der Waals surface area contributed by atoms with Crippen molar-refractivity contribution >= 4 is 0 Å². The quantitative estimate of drug-likeness (QED) is 0.849. The molecule has 0 aromatic rings. The van der Waals surface area contributed by atoms with Crippen LogP contribution in [-0.4, -0.2) is 54.1 Å². The fourth-order valence-corrected chi connectivity index (χ4v) is 4.01. The van der Waals surface area contributed by atoms with Crippen LogP contribution in [0.15, 0.2) is 0 Å². The molecule has 3 atom stereocenters. The van der Waals surface area contributed by atoms with E-state index in [2.05, 4.69) is 23.6 Å². The molecule has 112 valence electrons. The second-order valence-electron chi connectivity index (χ2n) is 6.59. The third-order valence-electron chi connectivity index (χ3n) is 5.00. The molecule has 0 amide bonds. The van der Waals surface area contributed by atoms with Crippen molar-refractivity contribution in [3.8, 4) is 0 Å². The van der Waals surface area contributed by atoms with Crippen molar-refractivity contribution in [2.75, 3.05) is 26.2 Å². The molecule has 2 rings (SSSR count). The molecule has 0 spiro atoms. The van der Waals surface area contributed by atoms with Gasteiger partial charge in [0, 0.05) is 18.1 Å². The molecule has 0 saturated carbocycles. The highest BCUT2D eigenvalue weighted by Crippen LogP contribution is 2.26. The Hall–Kier alpha value is -0.120. The highest BCUT2D eigenvalue weighted by atomic mass is 15.2. The average Bonchev–Trinajstić information content (AvgIpc) is 2.65. The van der Waals surface area contributed by atoms with Crippen LogP contribution in [0.5, 0.6) is 0 Å². The first-order valence-electron chi connectivity index (χ1n) is 8.46. The summed E-state index contributed by atoms with van der Waals surface area (Å²) in [7, 11) is 0. The Morgan fingerprint density at radius 2 is 1.89 bits per heavy atom. The normalized spacial score (nSPS) is 33.0. The Bertz CT molecular complexity index is 254. The van der Waals surface area contributed by atoms with E-state index >= 15 is 0 Å². The van der Waals surface area contributed by atoms with Crippen LogP contribution in [0.2, 0.25) is 0 Å². The smallest absolute Gasteiger partial charge is 0.0247 e. The molecule has 0 bridgehead atoms. The summed E-state index contributed by atoms with van der Waals surface area (Å²) in [6, 6.07) is 1.75. The number of piperidine rings is 1. The first-order chi connectivity index (χ1) is 9.22. The Balaban J connectivity index is 1.92. The van der Waals surface area contributed by atoms with Gasteiger partial charge in [-0.25, -0.2) is 0 Å². The molecule has 0 aromatic heterocycles. The summed E-state index contributed by atoms with van der Waals surface area (Å²) in [5.74, 6) is 0. The molecular weight excluding hydrogens is 234 g/mol. The van der Waals surface area contributed by atoms with Crippen LogP contribution in [0.3, 0.4) is 0 Å². The van der Waals surface area contributed by atoms with Gasteiger partial charge in [0.05, 0.1) is 0 Å². The highest BCUT2D eigenvalue weighted by molar-refractivity contribution is 4.89. The number of hydrogen-bond donors (Lipinski definition) is 1. The molecule has 3 unspecified atom stereocenters. The predicted octanol–water partition coefficient (Wildman–Crippen LogP) is 2.45. The van der Waals surface area contributed by atoms with E-state index in [9.17, 15) is 0 Å². The molecule has 0 aromatic carbocycles. The Kier molecular flexibility index (Phi) is 6.11. The summed E-state index contributed by atoms with van der Waals surface area (Å²) < 4.78 is 0. The van der Waals surface area contributed by atoms with Crippen LogP contribution in [-0.2, 0) is 0 Å². The van der Waals surface area contributed by atoms with Crippen molar-refractivity contribution < 1.29 is 0 Å². The lowest BCUT2D eigenvalue weighted by atomic mass is 9.93. The summed E-state index contributed by atoms with van der Waals surface area (Å²) in [5, 5.41) is 0. The molecule has 2 saturated heterocycles. The molecule has 2 heterocycles. The van der Waals surface area contributed by atoms with Crippen LogP contribution < -0.4 is 5.73 Å². The molecule has 0 aliphatic carbocycles. The maximum absolute atomic E-state index is 6.23. The monoisotopic (exact) mass is 267 g/mol. The number of rotatable bonds is 4. The van der Waals surface area contributed by atoms with E-state index in [4.69, 9.17) is 5.73 Å². The Morgan fingerprint density at radius 3 is 2.63 bits per heavy atom. The van der Waals surface area contributed by atoms with Gasteiger partial charge in [-0.2, -0.15) is 0 Å². The van der Waals surface area contributed by atoms with E-state index < -0.39 is 0 Å². The third kappa shape index (κ3) is 4.17.